The summed E-state index contributed by atoms with van der Waals surface area (Å²) in [7, 11) is 0. The maximum Gasteiger partial charge on any atom is 0.335 e. The lowest BCUT2D eigenvalue weighted by atomic mass is 10.2. The first-order chi connectivity index (χ1) is 15.2. The SMILES string of the molecule is O=C(O)c1ccc(OCNc2nc(Nc3cc(C4CC4)n[nH]3)c3ccccc3n2)cc1. The van der Waals surface area contributed by atoms with E-state index in [1.54, 1.807) is 12.1 Å². The van der Waals surface area contributed by atoms with Crippen LogP contribution in [0, 0.1) is 0 Å². The predicted molar refractivity (Wildman–Crippen MR) is 116 cm³/mol. The van der Waals surface area contributed by atoms with E-state index in [9.17, 15) is 4.79 Å². The summed E-state index contributed by atoms with van der Waals surface area (Å²) in [6.07, 6.45) is 2.38. The molecule has 0 atom stereocenters. The van der Waals surface area contributed by atoms with E-state index in [2.05, 4.69) is 30.8 Å². The molecule has 0 aliphatic heterocycles. The molecule has 0 spiro atoms. The molecule has 4 aromatic rings. The van der Waals surface area contributed by atoms with Gasteiger partial charge in [-0.2, -0.15) is 10.1 Å². The van der Waals surface area contributed by atoms with Gasteiger partial charge in [-0.1, -0.05) is 12.1 Å². The summed E-state index contributed by atoms with van der Waals surface area (Å²) in [5.41, 5.74) is 2.06. The smallest absolute Gasteiger partial charge is 0.335 e. The van der Waals surface area contributed by atoms with Crippen LogP contribution in [0.1, 0.15) is 34.8 Å². The van der Waals surface area contributed by atoms with Crippen molar-refractivity contribution >= 4 is 34.5 Å². The Bertz CT molecular complexity index is 1230. The average Bonchev–Trinajstić information content (AvgIpc) is 3.53. The van der Waals surface area contributed by atoms with Gasteiger partial charge in [-0.25, -0.2) is 9.78 Å². The van der Waals surface area contributed by atoms with Crippen molar-refractivity contribution in [3.05, 3.63) is 65.9 Å². The number of hydrogen-bond acceptors (Lipinski definition) is 7. The summed E-state index contributed by atoms with van der Waals surface area (Å²) in [6.45, 7) is 0.125. The highest BCUT2D eigenvalue weighted by molar-refractivity contribution is 5.91. The number of anilines is 3. The van der Waals surface area contributed by atoms with E-state index in [0.717, 1.165) is 22.4 Å². The number of aromatic amines is 1. The molecule has 9 heteroatoms. The van der Waals surface area contributed by atoms with Gasteiger partial charge in [0.05, 0.1) is 16.8 Å². The highest BCUT2D eigenvalue weighted by Gasteiger charge is 2.26. The van der Waals surface area contributed by atoms with E-state index in [0.29, 0.717) is 23.4 Å². The largest absolute Gasteiger partial charge is 0.478 e. The molecule has 0 unspecified atom stereocenters. The van der Waals surface area contributed by atoms with Gasteiger partial charge < -0.3 is 20.5 Å². The van der Waals surface area contributed by atoms with Gasteiger partial charge in [0.25, 0.3) is 0 Å². The van der Waals surface area contributed by atoms with E-state index in [1.165, 1.54) is 25.0 Å². The number of nitrogens with zero attached hydrogens (tertiary/aromatic N) is 3. The fourth-order valence-electron chi connectivity index (χ4n) is 3.25. The van der Waals surface area contributed by atoms with Crippen LogP contribution in [0.5, 0.6) is 5.75 Å². The zero-order chi connectivity index (χ0) is 21.2. The normalized spacial score (nSPS) is 13.2. The second-order valence-corrected chi connectivity index (χ2v) is 7.31. The lowest BCUT2D eigenvalue weighted by molar-refractivity contribution is 0.0697. The van der Waals surface area contributed by atoms with Gasteiger partial charge in [0.1, 0.15) is 17.4 Å². The molecule has 31 heavy (non-hydrogen) atoms. The number of ether oxygens (including phenoxy) is 1. The molecular weight excluding hydrogens is 396 g/mol. The Morgan fingerprint density at radius 2 is 1.94 bits per heavy atom. The maximum absolute atomic E-state index is 10.9. The quantitative estimate of drug-likeness (QED) is 0.316. The van der Waals surface area contributed by atoms with Crippen LogP contribution in [0.2, 0.25) is 0 Å². The molecule has 0 amide bonds. The van der Waals surface area contributed by atoms with Crippen LogP contribution in [-0.4, -0.2) is 38.0 Å². The van der Waals surface area contributed by atoms with Crippen LogP contribution < -0.4 is 15.4 Å². The van der Waals surface area contributed by atoms with Crippen molar-refractivity contribution in [2.24, 2.45) is 0 Å². The number of aromatic nitrogens is 4. The third-order valence-corrected chi connectivity index (χ3v) is 5.02. The molecule has 2 aromatic heterocycles. The number of rotatable bonds is 8. The molecule has 4 N–H and O–H groups in total. The second-order valence-electron chi connectivity index (χ2n) is 7.31. The van der Waals surface area contributed by atoms with Crippen LogP contribution in [0.3, 0.4) is 0 Å². The summed E-state index contributed by atoms with van der Waals surface area (Å²) >= 11 is 0. The van der Waals surface area contributed by atoms with Crippen molar-refractivity contribution in [2.75, 3.05) is 17.4 Å². The molecule has 156 valence electrons. The molecule has 1 fully saturated rings. The topological polar surface area (TPSA) is 125 Å². The molecule has 9 nitrogen and oxygen atoms in total. The van der Waals surface area contributed by atoms with Crippen molar-refractivity contribution in [3.8, 4) is 5.75 Å². The van der Waals surface area contributed by atoms with Gasteiger partial charge in [0.15, 0.2) is 6.73 Å². The second kappa shape index (κ2) is 7.94. The molecule has 5 rings (SSSR count). The first-order valence-corrected chi connectivity index (χ1v) is 9.95. The lowest BCUT2D eigenvalue weighted by Crippen LogP contribution is -2.12. The van der Waals surface area contributed by atoms with Crippen LogP contribution in [0.4, 0.5) is 17.6 Å². The zero-order valence-electron chi connectivity index (χ0n) is 16.5. The van der Waals surface area contributed by atoms with Gasteiger partial charge in [-0.05, 0) is 49.2 Å². The van der Waals surface area contributed by atoms with Gasteiger partial charge in [0, 0.05) is 17.4 Å². The fraction of sp³-hybridized carbons (Fsp3) is 0.182. The first-order valence-electron chi connectivity index (χ1n) is 9.95. The number of carbonyl (C=O) groups is 1. The van der Waals surface area contributed by atoms with E-state index in [-0.39, 0.29) is 12.3 Å². The van der Waals surface area contributed by atoms with Crippen LogP contribution in [-0.2, 0) is 0 Å². The maximum atomic E-state index is 10.9. The minimum Gasteiger partial charge on any atom is -0.478 e. The monoisotopic (exact) mass is 416 g/mol. The standard InChI is InChI=1S/C22H20N6O3/c29-21(30)14-7-9-15(10-8-14)31-12-23-22-24-17-4-2-1-3-16(17)20(26-22)25-19-11-18(27-28-19)13-5-6-13/h1-4,7-11,13H,5-6,12H2,(H,29,30)(H3,23,24,25,26,27,28). The molecule has 0 bridgehead atoms. The highest BCUT2D eigenvalue weighted by Crippen LogP contribution is 2.39. The summed E-state index contributed by atoms with van der Waals surface area (Å²) in [6, 6.07) is 16.0. The number of nitrogens with one attached hydrogen (secondary N) is 3. The number of benzene rings is 2. The Morgan fingerprint density at radius 3 is 2.71 bits per heavy atom. The number of fused-ring (bicyclic) bond motifs is 1. The molecule has 1 saturated carbocycles. The Balaban J connectivity index is 1.31. The third-order valence-electron chi connectivity index (χ3n) is 5.02. The fourth-order valence-corrected chi connectivity index (χ4v) is 3.25. The summed E-state index contributed by atoms with van der Waals surface area (Å²) < 4.78 is 5.63. The minimum atomic E-state index is -0.976. The number of para-hydroxylation sites is 1. The van der Waals surface area contributed by atoms with Crippen LogP contribution in [0.15, 0.2) is 54.6 Å². The zero-order valence-corrected chi connectivity index (χ0v) is 16.5. The minimum absolute atomic E-state index is 0.125. The van der Waals surface area contributed by atoms with Crippen molar-refractivity contribution < 1.29 is 14.6 Å². The molecule has 0 radical (unpaired) electrons. The Morgan fingerprint density at radius 1 is 1.13 bits per heavy atom. The van der Waals surface area contributed by atoms with Crippen molar-refractivity contribution in [1.82, 2.24) is 20.2 Å². The van der Waals surface area contributed by atoms with Gasteiger partial charge in [0.2, 0.25) is 5.95 Å². The number of H-pyrrole nitrogens is 1. The van der Waals surface area contributed by atoms with Crippen molar-refractivity contribution in [2.45, 2.75) is 18.8 Å². The van der Waals surface area contributed by atoms with Crippen LogP contribution >= 0.6 is 0 Å². The summed E-state index contributed by atoms with van der Waals surface area (Å²) in [5.74, 6) is 1.98. The van der Waals surface area contributed by atoms with E-state index >= 15 is 0 Å². The van der Waals surface area contributed by atoms with Crippen LogP contribution in [0.25, 0.3) is 10.9 Å². The predicted octanol–water partition coefficient (Wildman–Crippen LogP) is 4.12. The number of carboxylic acids is 1. The Labute approximate surface area is 177 Å². The molecule has 1 aliphatic carbocycles. The van der Waals surface area contributed by atoms with Gasteiger partial charge in [-0.15, -0.1) is 0 Å². The molecule has 2 aromatic carbocycles. The highest BCUT2D eigenvalue weighted by atomic mass is 16.5. The van der Waals surface area contributed by atoms with Gasteiger partial charge >= 0.3 is 5.97 Å². The number of aromatic carboxylic acids is 1. The van der Waals surface area contributed by atoms with Crippen molar-refractivity contribution in [1.29, 1.82) is 0 Å². The molecule has 0 saturated heterocycles. The average molecular weight is 416 g/mol. The van der Waals surface area contributed by atoms with Gasteiger partial charge in [-0.3, -0.25) is 5.10 Å². The summed E-state index contributed by atoms with van der Waals surface area (Å²) in [4.78, 5) is 20.1. The van der Waals surface area contributed by atoms with E-state index in [1.807, 2.05) is 30.3 Å². The lowest BCUT2D eigenvalue weighted by Gasteiger charge is -2.12. The van der Waals surface area contributed by atoms with E-state index < -0.39 is 5.97 Å². The Hall–Kier alpha value is -4.14. The van der Waals surface area contributed by atoms with Crippen molar-refractivity contribution in [3.63, 3.8) is 0 Å². The molecule has 2 heterocycles. The molecular formula is C22H20N6O3. The number of hydrogen-bond donors (Lipinski definition) is 4. The summed E-state index contributed by atoms with van der Waals surface area (Å²) in [5, 5.41) is 23.6. The Kier molecular flexibility index (Phi) is 4.83. The first kappa shape index (κ1) is 18.9. The molecule has 1 aliphatic rings. The van der Waals surface area contributed by atoms with E-state index in [4.69, 9.17) is 9.84 Å². The third kappa shape index (κ3) is 4.25. The number of carboxylic acid groups (broad SMARTS) is 1.